The van der Waals surface area contributed by atoms with Crippen LogP contribution in [0.2, 0.25) is 0 Å². The minimum absolute atomic E-state index is 0.127. The van der Waals surface area contributed by atoms with Crippen LogP contribution in [0.4, 0.5) is 0 Å². The molecule has 0 spiro atoms. The molecule has 0 aliphatic rings. The average Bonchev–Trinajstić information content (AvgIpc) is 2.58. The molecule has 0 N–H and O–H groups in total. The number of nitrogens with zero attached hydrogens (tertiary/aromatic N) is 1. The van der Waals surface area contributed by atoms with Gasteiger partial charge in [-0.1, -0.05) is 48.5 Å². The Morgan fingerprint density at radius 1 is 1.13 bits per heavy atom. The first-order chi connectivity index (χ1) is 11.1. The van der Waals surface area contributed by atoms with Gasteiger partial charge < -0.3 is 9.57 Å². The van der Waals surface area contributed by atoms with Crippen LogP contribution in [-0.2, 0) is 20.7 Å². The molecular formula is C16H16ClNO4P+. The third kappa shape index (κ3) is 5.32. The lowest BCUT2D eigenvalue weighted by Gasteiger charge is -2.16. The van der Waals surface area contributed by atoms with Crippen LogP contribution in [0.1, 0.15) is 12.5 Å². The van der Waals surface area contributed by atoms with Crippen molar-refractivity contribution in [1.82, 2.24) is 4.83 Å². The largest absolute Gasteiger partial charge is 0.593 e. The summed E-state index contributed by atoms with van der Waals surface area (Å²) in [5.41, 5.74) is 0.860. The Morgan fingerprint density at radius 2 is 1.70 bits per heavy atom. The smallest absolute Gasteiger partial charge is 0.459 e. The predicted molar refractivity (Wildman–Crippen MR) is 88.1 cm³/mol. The molecule has 120 valence electrons. The van der Waals surface area contributed by atoms with E-state index in [0.29, 0.717) is 5.75 Å². The van der Waals surface area contributed by atoms with E-state index in [0.717, 1.165) is 10.4 Å². The maximum absolute atomic E-state index is 12.1. The van der Waals surface area contributed by atoms with Gasteiger partial charge in [-0.2, -0.15) is 0 Å². The molecule has 5 nitrogen and oxygen atoms in total. The van der Waals surface area contributed by atoms with Crippen LogP contribution in [0.15, 0.2) is 60.7 Å². The summed E-state index contributed by atoms with van der Waals surface area (Å²) in [5, 5.41) is 0. The van der Waals surface area contributed by atoms with E-state index in [-0.39, 0.29) is 6.61 Å². The van der Waals surface area contributed by atoms with Crippen molar-refractivity contribution in [2.75, 3.05) is 0 Å². The molecule has 0 saturated carbocycles. The Bertz CT molecular complexity index is 654. The number of para-hydroxylation sites is 1. The van der Waals surface area contributed by atoms with Gasteiger partial charge in [0, 0.05) is 0 Å². The van der Waals surface area contributed by atoms with Crippen LogP contribution >= 0.6 is 18.5 Å². The monoisotopic (exact) mass is 352 g/mol. The number of hydroxylamine groups is 1. The summed E-state index contributed by atoms with van der Waals surface area (Å²) in [5.74, 6) is -0.145. The number of halogens is 1. The summed E-state index contributed by atoms with van der Waals surface area (Å²) in [6.07, 6.45) is 0. The summed E-state index contributed by atoms with van der Waals surface area (Å²) in [4.78, 5) is 18.5. The van der Waals surface area contributed by atoms with E-state index in [1.807, 2.05) is 36.4 Å². The van der Waals surface area contributed by atoms with Gasteiger partial charge in [0.1, 0.15) is 11.4 Å². The maximum atomic E-state index is 12.1. The second-order valence-electron chi connectivity index (χ2n) is 4.70. The van der Waals surface area contributed by atoms with E-state index in [9.17, 15) is 9.36 Å². The van der Waals surface area contributed by atoms with Gasteiger partial charge in [-0.3, -0.25) is 4.79 Å². The minimum atomic E-state index is -2.39. The summed E-state index contributed by atoms with van der Waals surface area (Å²) < 4.78 is 16.9. The Labute approximate surface area is 140 Å². The third-order valence-corrected chi connectivity index (χ3v) is 4.18. The number of hydrogen-bond acceptors (Lipinski definition) is 4. The first-order valence-electron chi connectivity index (χ1n) is 6.93. The maximum Gasteiger partial charge on any atom is 0.593 e. The van der Waals surface area contributed by atoms with E-state index < -0.39 is 19.3 Å². The van der Waals surface area contributed by atoms with Crippen molar-refractivity contribution in [3.8, 4) is 5.75 Å². The van der Waals surface area contributed by atoms with Crippen molar-refractivity contribution < 1.29 is 18.9 Å². The number of benzene rings is 2. The van der Waals surface area contributed by atoms with Crippen molar-refractivity contribution in [1.29, 1.82) is 0 Å². The highest BCUT2D eigenvalue weighted by molar-refractivity contribution is 7.71. The molecular weight excluding hydrogens is 337 g/mol. The molecule has 2 rings (SSSR count). The Balaban J connectivity index is 1.98. The highest BCUT2D eigenvalue weighted by atomic mass is 35.7. The molecule has 23 heavy (non-hydrogen) atoms. The van der Waals surface area contributed by atoms with Crippen LogP contribution in [0.3, 0.4) is 0 Å². The van der Waals surface area contributed by atoms with Crippen LogP contribution < -0.4 is 4.84 Å². The number of ether oxygens (including phenoxy) is 1. The molecule has 2 aromatic carbocycles. The van der Waals surface area contributed by atoms with E-state index in [1.54, 1.807) is 24.3 Å². The molecule has 0 aromatic heterocycles. The number of carbonyl (C=O) groups excluding carboxylic acids is 1. The zero-order chi connectivity index (χ0) is 16.7. The summed E-state index contributed by atoms with van der Waals surface area (Å²) in [6, 6.07) is 17.0. The Kier molecular flexibility index (Phi) is 6.53. The SMILES string of the molecule is C[C@@H](C(=O)OCc1ccccc1)N(Oc1ccccc1)[P+](=O)Cl. The van der Waals surface area contributed by atoms with E-state index in [1.165, 1.54) is 6.92 Å². The number of hydrogen-bond donors (Lipinski definition) is 0. The van der Waals surface area contributed by atoms with Gasteiger partial charge in [-0.25, -0.2) is 0 Å². The van der Waals surface area contributed by atoms with E-state index >= 15 is 0 Å². The first-order valence-corrected chi connectivity index (χ1v) is 9.05. The molecule has 0 aliphatic carbocycles. The van der Waals surface area contributed by atoms with Crippen LogP contribution in [0.25, 0.3) is 0 Å². The van der Waals surface area contributed by atoms with Crippen LogP contribution in [0.5, 0.6) is 5.75 Å². The molecule has 1 unspecified atom stereocenters. The molecule has 0 radical (unpaired) electrons. The Morgan fingerprint density at radius 3 is 2.26 bits per heavy atom. The summed E-state index contributed by atoms with van der Waals surface area (Å²) in [6.45, 7) is 1.65. The van der Waals surface area contributed by atoms with Crippen LogP contribution in [-0.4, -0.2) is 16.8 Å². The second-order valence-corrected chi connectivity index (χ2v) is 6.42. The summed E-state index contributed by atoms with van der Waals surface area (Å²) >= 11 is 5.65. The molecule has 0 saturated heterocycles. The second kappa shape index (κ2) is 8.63. The van der Waals surface area contributed by atoms with Crippen LogP contribution in [0, 0.1) is 0 Å². The standard InChI is InChI=1S/C16H16ClNO4P/c1-13(16(19)21-12-14-8-4-2-5-9-14)18(23(17)20)22-15-10-6-3-7-11-15/h2-11,13H,12H2,1H3/q+1/t13-/m0/s1. The van der Waals surface area contributed by atoms with Crippen molar-refractivity contribution in [2.45, 2.75) is 19.6 Å². The van der Waals surface area contributed by atoms with Gasteiger partial charge in [0.15, 0.2) is 11.8 Å². The first kappa shape index (κ1) is 17.4. The van der Waals surface area contributed by atoms with Crippen molar-refractivity contribution in [3.63, 3.8) is 0 Å². The predicted octanol–water partition coefficient (Wildman–Crippen LogP) is 4.31. The molecule has 0 amide bonds. The van der Waals surface area contributed by atoms with Gasteiger partial charge >= 0.3 is 13.3 Å². The number of rotatable bonds is 7. The molecule has 0 bridgehead atoms. The fourth-order valence-electron chi connectivity index (χ4n) is 1.78. The molecule has 2 atom stereocenters. The van der Waals surface area contributed by atoms with Gasteiger partial charge in [0.05, 0.1) is 0 Å². The molecule has 0 heterocycles. The topological polar surface area (TPSA) is 55.8 Å². The fraction of sp³-hybridized carbons (Fsp3) is 0.188. The molecule has 7 heteroatoms. The lowest BCUT2D eigenvalue weighted by atomic mass is 10.2. The van der Waals surface area contributed by atoms with Gasteiger partial charge in [0.25, 0.3) is 0 Å². The van der Waals surface area contributed by atoms with Gasteiger partial charge in [0.2, 0.25) is 11.2 Å². The molecule has 0 fully saturated rings. The number of carbonyl (C=O) groups is 1. The quantitative estimate of drug-likeness (QED) is 0.422. The third-order valence-electron chi connectivity index (χ3n) is 2.99. The van der Waals surface area contributed by atoms with Crippen molar-refractivity contribution in [2.24, 2.45) is 0 Å². The lowest BCUT2D eigenvalue weighted by Crippen LogP contribution is -2.37. The normalized spacial score (nSPS) is 12.6. The molecule has 0 aliphatic heterocycles. The zero-order valence-electron chi connectivity index (χ0n) is 12.5. The van der Waals surface area contributed by atoms with Gasteiger partial charge in [-0.15, -0.1) is 0 Å². The highest BCUT2D eigenvalue weighted by Crippen LogP contribution is 2.35. The summed E-state index contributed by atoms with van der Waals surface area (Å²) in [7, 11) is -2.39. The fourth-order valence-corrected chi connectivity index (χ4v) is 2.79. The minimum Gasteiger partial charge on any atom is -0.459 e. The number of esters is 1. The van der Waals surface area contributed by atoms with Crippen molar-refractivity contribution >= 4 is 24.5 Å². The average molecular weight is 353 g/mol. The van der Waals surface area contributed by atoms with Gasteiger partial charge in [-0.05, 0) is 29.2 Å². The van der Waals surface area contributed by atoms with E-state index in [4.69, 9.17) is 20.8 Å². The molecule has 2 aromatic rings. The van der Waals surface area contributed by atoms with Crippen molar-refractivity contribution in [3.05, 3.63) is 66.2 Å². The Hall–Kier alpha value is -1.94. The lowest BCUT2D eigenvalue weighted by molar-refractivity contribution is -0.155. The zero-order valence-corrected chi connectivity index (χ0v) is 14.1. The van der Waals surface area contributed by atoms with E-state index in [2.05, 4.69) is 0 Å². The highest BCUT2D eigenvalue weighted by Gasteiger charge is 2.40.